The van der Waals surface area contributed by atoms with Gasteiger partial charge in [0.15, 0.2) is 0 Å². The van der Waals surface area contributed by atoms with Crippen LogP contribution >= 0.6 is 0 Å². The number of hydrogen-bond acceptors (Lipinski definition) is 3. The SMILES string of the molecule is CC1(C)CCC(C)(C)c2cc(C3(c4ncc(C(=O)O)cn4)CC3)ccc21. The van der Waals surface area contributed by atoms with Gasteiger partial charge in [0, 0.05) is 12.4 Å². The van der Waals surface area contributed by atoms with Crippen LogP contribution in [0.1, 0.15) is 86.3 Å². The number of benzene rings is 1. The molecule has 136 valence electrons. The van der Waals surface area contributed by atoms with Crippen molar-refractivity contribution in [3.8, 4) is 0 Å². The third-order valence-corrected chi connectivity index (χ3v) is 6.48. The first-order chi connectivity index (χ1) is 12.2. The average molecular weight is 350 g/mol. The molecule has 0 aliphatic heterocycles. The van der Waals surface area contributed by atoms with Gasteiger partial charge in [-0.15, -0.1) is 0 Å². The number of aromatic nitrogens is 2. The zero-order chi connectivity index (χ0) is 18.7. The van der Waals surface area contributed by atoms with Crippen molar-refractivity contribution in [2.45, 2.75) is 69.6 Å². The lowest BCUT2D eigenvalue weighted by Crippen LogP contribution is -2.34. The minimum atomic E-state index is -0.987. The van der Waals surface area contributed by atoms with Crippen LogP contribution in [0.15, 0.2) is 30.6 Å². The van der Waals surface area contributed by atoms with Crippen molar-refractivity contribution in [3.05, 3.63) is 58.7 Å². The maximum atomic E-state index is 11.1. The first-order valence-electron chi connectivity index (χ1n) is 9.37. The van der Waals surface area contributed by atoms with E-state index in [1.165, 1.54) is 41.9 Å². The Morgan fingerprint density at radius 1 is 0.923 bits per heavy atom. The van der Waals surface area contributed by atoms with Crippen LogP contribution in [-0.4, -0.2) is 21.0 Å². The molecule has 0 amide bonds. The van der Waals surface area contributed by atoms with Crippen LogP contribution < -0.4 is 0 Å². The highest BCUT2D eigenvalue weighted by Crippen LogP contribution is 2.54. The Kier molecular flexibility index (Phi) is 3.56. The van der Waals surface area contributed by atoms with E-state index >= 15 is 0 Å². The number of carboxylic acid groups (broad SMARTS) is 1. The summed E-state index contributed by atoms with van der Waals surface area (Å²) in [4.78, 5) is 19.9. The van der Waals surface area contributed by atoms with Crippen LogP contribution in [-0.2, 0) is 16.2 Å². The van der Waals surface area contributed by atoms with Crippen molar-refractivity contribution < 1.29 is 9.90 Å². The van der Waals surface area contributed by atoms with Crippen molar-refractivity contribution in [1.29, 1.82) is 0 Å². The van der Waals surface area contributed by atoms with Crippen molar-refractivity contribution >= 4 is 5.97 Å². The Balaban J connectivity index is 1.78. The Bertz CT molecular complexity index is 878. The number of carbonyl (C=O) groups is 1. The summed E-state index contributed by atoms with van der Waals surface area (Å²) in [5.74, 6) is -0.241. The highest BCUT2D eigenvalue weighted by molar-refractivity contribution is 5.86. The van der Waals surface area contributed by atoms with Crippen LogP contribution in [0.5, 0.6) is 0 Å². The van der Waals surface area contributed by atoms with Gasteiger partial charge in [0.1, 0.15) is 5.82 Å². The minimum absolute atomic E-state index is 0.137. The fourth-order valence-electron chi connectivity index (χ4n) is 4.34. The van der Waals surface area contributed by atoms with E-state index in [0.29, 0.717) is 0 Å². The van der Waals surface area contributed by atoms with Gasteiger partial charge in [-0.3, -0.25) is 0 Å². The van der Waals surface area contributed by atoms with Gasteiger partial charge in [-0.05, 0) is 53.2 Å². The third kappa shape index (κ3) is 2.54. The van der Waals surface area contributed by atoms with Crippen LogP contribution in [0.2, 0.25) is 0 Å². The van der Waals surface area contributed by atoms with Crippen LogP contribution in [0, 0.1) is 0 Å². The molecule has 26 heavy (non-hydrogen) atoms. The summed E-state index contributed by atoms with van der Waals surface area (Å²) in [6.45, 7) is 9.34. The highest BCUT2D eigenvalue weighted by Gasteiger charge is 2.49. The van der Waals surface area contributed by atoms with Crippen LogP contribution in [0.4, 0.5) is 0 Å². The quantitative estimate of drug-likeness (QED) is 0.878. The summed E-state index contributed by atoms with van der Waals surface area (Å²) in [6.07, 6.45) is 7.28. The molecule has 2 aromatic rings. The number of rotatable bonds is 3. The van der Waals surface area contributed by atoms with Gasteiger partial charge in [-0.25, -0.2) is 14.8 Å². The second kappa shape index (κ2) is 5.38. The van der Waals surface area contributed by atoms with Crippen molar-refractivity contribution in [1.82, 2.24) is 9.97 Å². The molecular formula is C22H26N2O2. The normalized spacial score (nSPS) is 21.7. The van der Waals surface area contributed by atoms with Crippen molar-refractivity contribution in [2.75, 3.05) is 0 Å². The predicted octanol–water partition coefficient (Wildman–Crippen LogP) is 4.60. The van der Waals surface area contributed by atoms with Crippen LogP contribution in [0.25, 0.3) is 0 Å². The molecule has 4 rings (SSSR count). The van der Waals surface area contributed by atoms with Gasteiger partial charge >= 0.3 is 5.97 Å². The number of aromatic carboxylic acids is 1. The molecular weight excluding hydrogens is 324 g/mol. The summed E-state index contributed by atoms with van der Waals surface area (Å²) in [5, 5.41) is 9.07. The second-order valence-corrected chi connectivity index (χ2v) is 9.21. The molecule has 1 aromatic heterocycles. The number of hydrogen-bond donors (Lipinski definition) is 1. The zero-order valence-corrected chi connectivity index (χ0v) is 16.0. The molecule has 0 bridgehead atoms. The monoisotopic (exact) mass is 350 g/mol. The molecule has 0 radical (unpaired) electrons. The summed E-state index contributed by atoms with van der Waals surface area (Å²) in [6, 6.07) is 6.92. The largest absolute Gasteiger partial charge is 0.478 e. The van der Waals surface area contributed by atoms with Gasteiger partial charge in [0.2, 0.25) is 0 Å². The van der Waals surface area contributed by atoms with Crippen molar-refractivity contribution in [2.24, 2.45) is 0 Å². The van der Waals surface area contributed by atoms with E-state index in [9.17, 15) is 4.79 Å². The molecule has 1 heterocycles. The van der Waals surface area contributed by atoms with E-state index in [2.05, 4.69) is 55.9 Å². The minimum Gasteiger partial charge on any atom is -0.478 e. The molecule has 1 fully saturated rings. The lowest BCUT2D eigenvalue weighted by atomic mass is 9.62. The number of fused-ring (bicyclic) bond motifs is 1. The Morgan fingerprint density at radius 2 is 1.50 bits per heavy atom. The lowest BCUT2D eigenvalue weighted by molar-refractivity contribution is 0.0696. The molecule has 0 unspecified atom stereocenters. The van der Waals surface area contributed by atoms with E-state index < -0.39 is 5.97 Å². The summed E-state index contributed by atoms with van der Waals surface area (Å²) < 4.78 is 0. The predicted molar refractivity (Wildman–Crippen MR) is 101 cm³/mol. The molecule has 4 nitrogen and oxygen atoms in total. The molecule has 4 heteroatoms. The zero-order valence-electron chi connectivity index (χ0n) is 16.0. The highest BCUT2D eigenvalue weighted by atomic mass is 16.4. The van der Waals surface area contributed by atoms with E-state index in [4.69, 9.17) is 5.11 Å². The van der Waals surface area contributed by atoms with Gasteiger partial charge in [0.25, 0.3) is 0 Å². The fraction of sp³-hybridized carbons (Fsp3) is 0.500. The standard InChI is InChI=1S/C22H26N2O2/c1-20(2)7-8-21(3,4)17-11-15(5-6-16(17)20)22(9-10-22)19-23-12-14(13-24-19)18(25)26/h5-6,11-13H,7-10H2,1-4H3,(H,25,26). The molecule has 0 saturated heterocycles. The Labute approximate surface area is 154 Å². The van der Waals surface area contributed by atoms with E-state index in [0.717, 1.165) is 18.7 Å². The van der Waals surface area contributed by atoms with Crippen LogP contribution in [0.3, 0.4) is 0 Å². The number of nitrogens with zero attached hydrogens (tertiary/aromatic N) is 2. The van der Waals surface area contributed by atoms with Crippen molar-refractivity contribution in [3.63, 3.8) is 0 Å². The topological polar surface area (TPSA) is 63.1 Å². The molecule has 0 spiro atoms. The smallest absolute Gasteiger partial charge is 0.338 e. The fourth-order valence-corrected chi connectivity index (χ4v) is 4.34. The molecule has 2 aliphatic rings. The number of carboxylic acids is 1. The van der Waals surface area contributed by atoms with Gasteiger partial charge in [0.05, 0.1) is 11.0 Å². The lowest BCUT2D eigenvalue weighted by Gasteiger charge is -2.42. The van der Waals surface area contributed by atoms with E-state index in [1.807, 2.05) is 0 Å². The average Bonchev–Trinajstić information content (AvgIpc) is 3.41. The summed E-state index contributed by atoms with van der Waals surface area (Å²) in [7, 11) is 0. The molecule has 1 N–H and O–H groups in total. The first-order valence-corrected chi connectivity index (χ1v) is 9.37. The molecule has 0 atom stereocenters. The van der Waals surface area contributed by atoms with E-state index in [-0.39, 0.29) is 21.8 Å². The third-order valence-electron chi connectivity index (χ3n) is 6.48. The van der Waals surface area contributed by atoms with Gasteiger partial charge < -0.3 is 5.11 Å². The Morgan fingerprint density at radius 3 is 2.04 bits per heavy atom. The Hall–Kier alpha value is -2.23. The van der Waals surface area contributed by atoms with E-state index in [1.54, 1.807) is 0 Å². The van der Waals surface area contributed by atoms with Gasteiger partial charge in [-0.1, -0.05) is 45.9 Å². The maximum absolute atomic E-state index is 11.1. The first kappa shape index (κ1) is 17.2. The second-order valence-electron chi connectivity index (χ2n) is 9.21. The molecule has 1 saturated carbocycles. The summed E-state index contributed by atoms with van der Waals surface area (Å²) in [5.41, 5.74) is 4.53. The summed E-state index contributed by atoms with van der Waals surface area (Å²) >= 11 is 0. The maximum Gasteiger partial charge on any atom is 0.338 e. The van der Waals surface area contributed by atoms with Gasteiger partial charge in [-0.2, -0.15) is 0 Å². The molecule has 2 aliphatic carbocycles. The molecule has 1 aromatic carbocycles.